The number of fused-ring (bicyclic) bond motifs is 1. The molecule has 0 spiro atoms. The number of primary amides is 1. The minimum absolute atomic E-state index is 0.302. The van der Waals surface area contributed by atoms with Crippen LogP contribution in [0.25, 0.3) is 10.3 Å². The van der Waals surface area contributed by atoms with Crippen LogP contribution in [0.3, 0.4) is 0 Å². The first-order valence-corrected chi connectivity index (χ1v) is 7.94. The fraction of sp³-hybridized carbons (Fsp3) is 0.188. The number of hydrogen-bond donors (Lipinski definition) is 2. The van der Waals surface area contributed by atoms with E-state index in [0.29, 0.717) is 26.8 Å². The van der Waals surface area contributed by atoms with Gasteiger partial charge in [0.1, 0.15) is 10.3 Å². The van der Waals surface area contributed by atoms with Crippen LogP contribution in [0.15, 0.2) is 30.5 Å². The number of nitrogens with one attached hydrogen (secondary N) is 1. The molecule has 1 aromatic carbocycles. The number of nitrogens with two attached hydrogens (primary N) is 1. The molecular formula is C16H16N4O2S. The maximum Gasteiger partial charge on any atom is 0.275 e. The van der Waals surface area contributed by atoms with Crippen LogP contribution in [-0.4, -0.2) is 23.0 Å². The molecule has 0 fully saturated rings. The zero-order chi connectivity index (χ0) is 16.4. The Morgan fingerprint density at radius 3 is 2.87 bits per heavy atom. The fourth-order valence-electron chi connectivity index (χ4n) is 2.34. The van der Waals surface area contributed by atoms with Gasteiger partial charge in [-0.15, -0.1) is 0 Å². The van der Waals surface area contributed by atoms with Crippen molar-refractivity contribution >= 4 is 39.0 Å². The molecule has 0 aliphatic carbocycles. The molecule has 3 aromatic rings. The number of pyridine rings is 1. The molecule has 0 unspecified atom stereocenters. The van der Waals surface area contributed by atoms with E-state index >= 15 is 0 Å². The smallest absolute Gasteiger partial charge is 0.275 e. The van der Waals surface area contributed by atoms with Gasteiger partial charge in [-0.2, -0.15) is 4.98 Å². The zero-order valence-corrected chi connectivity index (χ0v) is 13.6. The normalized spacial score (nSPS) is 10.7. The summed E-state index contributed by atoms with van der Waals surface area (Å²) in [5, 5.41) is 3.79. The average molecular weight is 328 g/mol. The minimum atomic E-state index is -0.553. The van der Waals surface area contributed by atoms with Gasteiger partial charge < -0.3 is 15.8 Å². The van der Waals surface area contributed by atoms with E-state index in [9.17, 15) is 4.79 Å². The van der Waals surface area contributed by atoms with Gasteiger partial charge in [-0.25, -0.2) is 4.98 Å². The highest BCUT2D eigenvalue weighted by molar-refractivity contribution is 7.19. The summed E-state index contributed by atoms with van der Waals surface area (Å²) in [5.74, 6) is -0.553. The van der Waals surface area contributed by atoms with E-state index < -0.39 is 5.91 Å². The Hall–Kier alpha value is -2.67. The number of aryl methyl sites for hydroxylation is 1. The Labute approximate surface area is 137 Å². The number of aromatic nitrogens is 2. The number of ether oxygens (including phenoxy) is 1. The Morgan fingerprint density at radius 2 is 2.17 bits per heavy atom. The maximum atomic E-state index is 11.8. The summed E-state index contributed by atoms with van der Waals surface area (Å²) in [6, 6.07) is 7.91. The molecule has 1 amide bonds. The SMILES string of the molecule is CCc1ccccc1Nc1c(C(N)=O)cnc2sc(OC)nc12. The van der Waals surface area contributed by atoms with Crippen molar-refractivity contribution in [1.29, 1.82) is 0 Å². The third-order valence-corrected chi connectivity index (χ3v) is 4.43. The van der Waals surface area contributed by atoms with E-state index in [1.165, 1.54) is 17.5 Å². The number of thiazole rings is 1. The van der Waals surface area contributed by atoms with Crippen LogP contribution in [0.5, 0.6) is 5.19 Å². The van der Waals surface area contributed by atoms with Crippen molar-refractivity contribution in [3.63, 3.8) is 0 Å². The third kappa shape index (κ3) is 2.83. The molecule has 23 heavy (non-hydrogen) atoms. The van der Waals surface area contributed by atoms with E-state index in [1.54, 1.807) is 7.11 Å². The van der Waals surface area contributed by atoms with Crippen molar-refractivity contribution < 1.29 is 9.53 Å². The van der Waals surface area contributed by atoms with Crippen molar-refractivity contribution in [1.82, 2.24) is 9.97 Å². The van der Waals surface area contributed by atoms with Crippen LogP contribution >= 0.6 is 11.3 Å². The highest BCUT2D eigenvalue weighted by atomic mass is 32.1. The van der Waals surface area contributed by atoms with Gasteiger partial charge in [0.15, 0.2) is 0 Å². The molecule has 7 heteroatoms. The second-order valence-corrected chi connectivity index (χ2v) is 5.82. The highest BCUT2D eigenvalue weighted by Gasteiger charge is 2.18. The lowest BCUT2D eigenvalue weighted by atomic mass is 10.1. The Balaban J connectivity index is 2.18. The van der Waals surface area contributed by atoms with E-state index in [4.69, 9.17) is 10.5 Å². The molecule has 2 aromatic heterocycles. The second kappa shape index (κ2) is 6.21. The van der Waals surface area contributed by atoms with Crippen LogP contribution in [0.4, 0.5) is 11.4 Å². The number of rotatable bonds is 5. The standard InChI is InChI=1S/C16H16N4O2S/c1-3-9-6-4-5-7-11(9)19-12-10(14(17)21)8-18-15-13(12)20-16(22-2)23-15/h4-8H,3H2,1-2H3,(H2,17,21)(H,18,19). The van der Waals surface area contributed by atoms with Gasteiger partial charge >= 0.3 is 0 Å². The first-order valence-electron chi connectivity index (χ1n) is 7.12. The van der Waals surface area contributed by atoms with Crippen molar-refractivity contribution in [2.24, 2.45) is 5.73 Å². The van der Waals surface area contributed by atoms with Crippen LogP contribution in [-0.2, 0) is 6.42 Å². The summed E-state index contributed by atoms with van der Waals surface area (Å²) in [6.45, 7) is 2.07. The summed E-state index contributed by atoms with van der Waals surface area (Å²) < 4.78 is 5.17. The molecule has 0 aliphatic heterocycles. The predicted molar refractivity (Wildman–Crippen MR) is 91.6 cm³/mol. The molecule has 3 N–H and O–H groups in total. The monoisotopic (exact) mass is 328 g/mol. The lowest BCUT2D eigenvalue weighted by molar-refractivity contribution is 0.100. The number of anilines is 2. The van der Waals surface area contributed by atoms with Crippen LogP contribution in [0.2, 0.25) is 0 Å². The number of amides is 1. The molecular weight excluding hydrogens is 312 g/mol. The lowest BCUT2D eigenvalue weighted by Crippen LogP contribution is -2.14. The third-order valence-electron chi connectivity index (χ3n) is 3.50. The van der Waals surface area contributed by atoms with Gasteiger partial charge in [0, 0.05) is 11.9 Å². The molecule has 3 rings (SSSR count). The first-order chi connectivity index (χ1) is 11.1. The van der Waals surface area contributed by atoms with Gasteiger partial charge in [0.2, 0.25) is 0 Å². The molecule has 0 radical (unpaired) electrons. The topological polar surface area (TPSA) is 90.1 Å². The Kier molecular flexibility index (Phi) is 4.12. The van der Waals surface area contributed by atoms with Crippen molar-refractivity contribution in [3.05, 3.63) is 41.6 Å². The number of para-hydroxylation sites is 1. The van der Waals surface area contributed by atoms with Gasteiger partial charge in [-0.3, -0.25) is 4.79 Å². The maximum absolute atomic E-state index is 11.8. The molecule has 0 bridgehead atoms. The Bertz CT molecular complexity index is 876. The summed E-state index contributed by atoms with van der Waals surface area (Å²) in [4.78, 5) is 21.1. The summed E-state index contributed by atoms with van der Waals surface area (Å²) in [6.07, 6.45) is 2.34. The summed E-state index contributed by atoms with van der Waals surface area (Å²) in [7, 11) is 1.55. The first kappa shape index (κ1) is 15.2. The predicted octanol–water partition coefficient (Wildman–Crippen LogP) is 3.10. The van der Waals surface area contributed by atoms with Crippen LogP contribution in [0.1, 0.15) is 22.8 Å². The number of carbonyl (C=O) groups excluding carboxylic acids is 1. The van der Waals surface area contributed by atoms with E-state index in [0.717, 1.165) is 17.7 Å². The molecule has 6 nitrogen and oxygen atoms in total. The van der Waals surface area contributed by atoms with Crippen molar-refractivity contribution in [2.45, 2.75) is 13.3 Å². The number of hydrogen-bond acceptors (Lipinski definition) is 6. The summed E-state index contributed by atoms with van der Waals surface area (Å²) in [5.41, 5.74) is 8.98. The second-order valence-electron chi connectivity index (χ2n) is 4.88. The van der Waals surface area contributed by atoms with E-state index in [1.807, 2.05) is 24.3 Å². The van der Waals surface area contributed by atoms with Crippen molar-refractivity contribution in [2.75, 3.05) is 12.4 Å². The van der Waals surface area contributed by atoms with Crippen LogP contribution in [0, 0.1) is 0 Å². The number of benzene rings is 1. The van der Waals surface area contributed by atoms with E-state index in [2.05, 4.69) is 22.2 Å². The van der Waals surface area contributed by atoms with Gasteiger partial charge in [-0.05, 0) is 18.1 Å². The fourth-order valence-corrected chi connectivity index (χ4v) is 3.08. The van der Waals surface area contributed by atoms with Gasteiger partial charge in [-0.1, -0.05) is 36.5 Å². The van der Waals surface area contributed by atoms with Gasteiger partial charge in [0.25, 0.3) is 11.1 Å². The quantitative estimate of drug-likeness (QED) is 0.751. The van der Waals surface area contributed by atoms with Crippen LogP contribution < -0.4 is 15.8 Å². The molecule has 0 atom stereocenters. The largest absolute Gasteiger partial charge is 0.473 e. The van der Waals surface area contributed by atoms with Gasteiger partial charge in [0.05, 0.1) is 18.4 Å². The molecule has 0 saturated carbocycles. The number of nitrogens with zero attached hydrogens (tertiary/aromatic N) is 2. The minimum Gasteiger partial charge on any atom is -0.473 e. The number of methoxy groups -OCH3 is 1. The molecule has 118 valence electrons. The Morgan fingerprint density at radius 1 is 1.39 bits per heavy atom. The zero-order valence-electron chi connectivity index (χ0n) is 12.8. The van der Waals surface area contributed by atoms with E-state index in [-0.39, 0.29) is 0 Å². The van der Waals surface area contributed by atoms with Crippen molar-refractivity contribution in [3.8, 4) is 5.19 Å². The number of carbonyl (C=O) groups is 1. The average Bonchev–Trinajstić information content (AvgIpc) is 2.99. The molecule has 0 aliphatic rings. The lowest BCUT2D eigenvalue weighted by Gasteiger charge is -2.13. The highest BCUT2D eigenvalue weighted by Crippen LogP contribution is 2.35. The molecule has 2 heterocycles. The molecule has 0 saturated heterocycles. The summed E-state index contributed by atoms with van der Waals surface area (Å²) >= 11 is 1.32.